The summed E-state index contributed by atoms with van der Waals surface area (Å²) < 4.78 is 6.85. The third-order valence-electron chi connectivity index (χ3n) is 3.02. The van der Waals surface area contributed by atoms with Crippen LogP contribution in [-0.2, 0) is 7.05 Å². The SMILES string of the molecule is COc1ccc2cc(-c3cc(N)n(C)n3)[nH]c2c1. The molecule has 92 valence electrons. The second-order valence-electron chi connectivity index (χ2n) is 4.21. The first kappa shape index (κ1) is 10.7. The van der Waals surface area contributed by atoms with Gasteiger partial charge in [0.15, 0.2) is 0 Å². The average Bonchev–Trinajstić information content (AvgIpc) is 2.92. The lowest BCUT2D eigenvalue weighted by atomic mass is 10.2. The van der Waals surface area contributed by atoms with Crippen molar-refractivity contribution < 1.29 is 4.74 Å². The molecule has 5 nitrogen and oxygen atoms in total. The van der Waals surface area contributed by atoms with E-state index in [1.807, 2.05) is 31.3 Å². The highest BCUT2D eigenvalue weighted by molar-refractivity contribution is 5.86. The highest BCUT2D eigenvalue weighted by Gasteiger charge is 2.08. The van der Waals surface area contributed by atoms with Gasteiger partial charge >= 0.3 is 0 Å². The molecule has 3 aromatic rings. The Morgan fingerprint density at radius 3 is 2.78 bits per heavy atom. The number of nitrogens with zero attached hydrogens (tertiary/aromatic N) is 2. The molecule has 0 amide bonds. The van der Waals surface area contributed by atoms with E-state index in [-0.39, 0.29) is 0 Å². The molecule has 0 bridgehead atoms. The van der Waals surface area contributed by atoms with Crippen molar-refractivity contribution in [1.82, 2.24) is 14.8 Å². The van der Waals surface area contributed by atoms with E-state index in [1.165, 1.54) is 0 Å². The molecule has 5 heteroatoms. The lowest BCUT2D eigenvalue weighted by Crippen LogP contribution is -1.96. The normalized spacial score (nSPS) is 11.0. The third kappa shape index (κ3) is 1.60. The molecule has 0 unspecified atom stereocenters. The molecular weight excluding hydrogens is 228 g/mol. The summed E-state index contributed by atoms with van der Waals surface area (Å²) in [5, 5.41) is 5.47. The van der Waals surface area contributed by atoms with Gasteiger partial charge < -0.3 is 15.5 Å². The molecule has 0 saturated carbocycles. The van der Waals surface area contributed by atoms with E-state index in [0.29, 0.717) is 5.82 Å². The molecule has 0 fully saturated rings. The molecule has 0 aliphatic rings. The number of nitrogens with one attached hydrogen (secondary N) is 1. The number of rotatable bonds is 2. The smallest absolute Gasteiger partial charge is 0.122 e. The van der Waals surface area contributed by atoms with Crippen LogP contribution < -0.4 is 10.5 Å². The number of benzene rings is 1. The summed E-state index contributed by atoms with van der Waals surface area (Å²) in [6.45, 7) is 0. The number of aryl methyl sites for hydroxylation is 1. The van der Waals surface area contributed by atoms with Crippen LogP contribution in [0.25, 0.3) is 22.3 Å². The highest BCUT2D eigenvalue weighted by atomic mass is 16.5. The maximum atomic E-state index is 5.78. The van der Waals surface area contributed by atoms with Gasteiger partial charge in [-0.15, -0.1) is 0 Å². The van der Waals surface area contributed by atoms with Gasteiger partial charge in [0.1, 0.15) is 17.3 Å². The Kier molecular flexibility index (Phi) is 2.26. The number of nitrogen functional groups attached to an aromatic ring is 1. The van der Waals surface area contributed by atoms with Crippen molar-refractivity contribution in [3.63, 3.8) is 0 Å². The molecule has 2 heterocycles. The van der Waals surface area contributed by atoms with Crippen LogP contribution in [-0.4, -0.2) is 21.9 Å². The van der Waals surface area contributed by atoms with E-state index in [0.717, 1.165) is 28.0 Å². The quantitative estimate of drug-likeness (QED) is 0.723. The fourth-order valence-corrected chi connectivity index (χ4v) is 1.98. The van der Waals surface area contributed by atoms with Crippen LogP contribution in [0.1, 0.15) is 0 Å². The Bertz CT molecular complexity index is 691. The van der Waals surface area contributed by atoms with Gasteiger partial charge in [0.2, 0.25) is 0 Å². The van der Waals surface area contributed by atoms with Crippen molar-refractivity contribution in [2.45, 2.75) is 0 Å². The van der Waals surface area contributed by atoms with Crippen LogP contribution in [0.4, 0.5) is 5.82 Å². The number of methoxy groups -OCH3 is 1. The lowest BCUT2D eigenvalue weighted by Gasteiger charge is -1.97. The van der Waals surface area contributed by atoms with Crippen LogP contribution >= 0.6 is 0 Å². The van der Waals surface area contributed by atoms with Gasteiger partial charge in [0, 0.05) is 30.1 Å². The summed E-state index contributed by atoms with van der Waals surface area (Å²) in [5.74, 6) is 1.47. The van der Waals surface area contributed by atoms with Crippen LogP contribution in [0.2, 0.25) is 0 Å². The lowest BCUT2D eigenvalue weighted by molar-refractivity contribution is 0.415. The van der Waals surface area contributed by atoms with Crippen LogP contribution in [0, 0.1) is 0 Å². The molecule has 0 atom stereocenters. The van der Waals surface area contributed by atoms with Gasteiger partial charge in [0.05, 0.1) is 12.8 Å². The number of nitrogens with two attached hydrogens (primary N) is 1. The van der Waals surface area contributed by atoms with Gasteiger partial charge in [0.25, 0.3) is 0 Å². The zero-order chi connectivity index (χ0) is 12.7. The zero-order valence-corrected chi connectivity index (χ0v) is 10.3. The molecule has 2 aromatic heterocycles. The van der Waals surface area contributed by atoms with E-state index >= 15 is 0 Å². The number of hydrogen-bond acceptors (Lipinski definition) is 3. The van der Waals surface area contributed by atoms with E-state index in [9.17, 15) is 0 Å². The standard InChI is InChI=1S/C13H14N4O/c1-17-13(14)7-12(16-17)11-5-8-3-4-9(18-2)6-10(8)15-11/h3-7,15H,14H2,1-2H3. The molecule has 3 N–H and O–H groups in total. The Labute approximate surface area is 104 Å². The Hall–Kier alpha value is -2.43. The predicted molar refractivity (Wildman–Crippen MR) is 71.5 cm³/mol. The molecule has 0 saturated heterocycles. The van der Waals surface area contributed by atoms with E-state index < -0.39 is 0 Å². The first-order valence-electron chi connectivity index (χ1n) is 5.64. The largest absolute Gasteiger partial charge is 0.497 e. The topological polar surface area (TPSA) is 68.9 Å². The van der Waals surface area contributed by atoms with Gasteiger partial charge in [-0.1, -0.05) is 0 Å². The van der Waals surface area contributed by atoms with E-state index in [2.05, 4.69) is 16.1 Å². The second kappa shape index (κ2) is 3.80. The highest BCUT2D eigenvalue weighted by Crippen LogP contribution is 2.26. The molecule has 3 rings (SSSR count). The van der Waals surface area contributed by atoms with Gasteiger partial charge in [-0.2, -0.15) is 5.10 Å². The minimum absolute atomic E-state index is 0.640. The van der Waals surface area contributed by atoms with Gasteiger partial charge in [-0.25, -0.2) is 0 Å². The monoisotopic (exact) mass is 242 g/mol. The molecule has 0 aliphatic carbocycles. The number of anilines is 1. The summed E-state index contributed by atoms with van der Waals surface area (Å²) in [7, 11) is 3.48. The molecule has 18 heavy (non-hydrogen) atoms. The Morgan fingerprint density at radius 2 is 2.11 bits per heavy atom. The minimum atomic E-state index is 0.640. The molecule has 0 aliphatic heterocycles. The fourth-order valence-electron chi connectivity index (χ4n) is 1.98. The second-order valence-corrected chi connectivity index (χ2v) is 4.21. The summed E-state index contributed by atoms with van der Waals surface area (Å²) in [4.78, 5) is 3.32. The zero-order valence-electron chi connectivity index (χ0n) is 10.3. The summed E-state index contributed by atoms with van der Waals surface area (Å²) >= 11 is 0. The first-order chi connectivity index (χ1) is 8.67. The Balaban J connectivity index is 2.12. The number of aromatic amines is 1. The van der Waals surface area contributed by atoms with Crippen LogP contribution in [0.5, 0.6) is 5.75 Å². The van der Waals surface area contributed by atoms with Crippen molar-refractivity contribution in [3.05, 3.63) is 30.3 Å². The van der Waals surface area contributed by atoms with Crippen molar-refractivity contribution in [3.8, 4) is 17.1 Å². The number of fused-ring (bicyclic) bond motifs is 1. The van der Waals surface area contributed by atoms with Crippen LogP contribution in [0.3, 0.4) is 0 Å². The number of aromatic nitrogens is 3. The van der Waals surface area contributed by atoms with Crippen molar-refractivity contribution in [2.75, 3.05) is 12.8 Å². The number of ether oxygens (including phenoxy) is 1. The van der Waals surface area contributed by atoms with Crippen molar-refractivity contribution in [2.24, 2.45) is 7.05 Å². The molecule has 1 aromatic carbocycles. The van der Waals surface area contributed by atoms with Crippen molar-refractivity contribution in [1.29, 1.82) is 0 Å². The van der Waals surface area contributed by atoms with Gasteiger partial charge in [-0.3, -0.25) is 4.68 Å². The number of hydrogen-bond donors (Lipinski definition) is 2. The third-order valence-corrected chi connectivity index (χ3v) is 3.02. The maximum Gasteiger partial charge on any atom is 0.122 e. The van der Waals surface area contributed by atoms with E-state index in [4.69, 9.17) is 10.5 Å². The average molecular weight is 242 g/mol. The van der Waals surface area contributed by atoms with Crippen molar-refractivity contribution >= 4 is 16.7 Å². The summed E-state index contributed by atoms with van der Waals surface area (Å²) in [6.07, 6.45) is 0. The maximum absolute atomic E-state index is 5.78. The predicted octanol–water partition coefficient (Wildman–Crippen LogP) is 2.16. The van der Waals surface area contributed by atoms with Gasteiger partial charge in [-0.05, 0) is 18.2 Å². The van der Waals surface area contributed by atoms with Crippen LogP contribution in [0.15, 0.2) is 30.3 Å². The summed E-state index contributed by atoms with van der Waals surface area (Å²) in [6, 6.07) is 9.82. The molecule has 0 radical (unpaired) electrons. The minimum Gasteiger partial charge on any atom is -0.497 e. The summed E-state index contributed by atoms with van der Waals surface area (Å²) in [5.41, 5.74) is 8.59. The first-order valence-corrected chi connectivity index (χ1v) is 5.64. The molecular formula is C13H14N4O. The number of H-pyrrole nitrogens is 1. The Morgan fingerprint density at radius 1 is 1.28 bits per heavy atom. The van der Waals surface area contributed by atoms with E-state index in [1.54, 1.807) is 11.8 Å². The fraction of sp³-hybridized carbons (Fsp3) is 0.154. The molecule has 0 spiro atoms.